The highest BCUT2D eigenvalue weighted by atomic mass is 35.5. The maximum atomic E-state index is 13.2. The summed E-state index contributed by atoms with van der Waals surface area (Å²) < 4.78 is 0. The first kappa shape index (κ1) is 22.4. The Balaban J connectivity index is 1.66. The van der Waals surface area contributed by atoms with Gasteiger partial charge in [0.15, 0.2) is 0 Å². The molecule has 7 heteroatoms. The van der Waals surface area contributed by atoms with Crippen LogP contribution in [0.4, 0.5) is 5.82 Å². The monoisotopic (exact) mass is 458 g/mol. The van der Waals surface area contributed by atoms with E-state index in [0.717, 1.165) is 21.9 Å². The molecule has 2 aromatic carbocycles. The highest BCUT2D eigenvalue weighted by Crippen LogP contribution is 2.32. The lowest BCUT2D eigenvalue weighted by Crippen LogP contribution is -2.52. The highest BCUT2D eigenvalue weighted by molar-refractivity contribution is 6.34. The average Bonchev–Trinajstić information content (AvgIpc) is 2.82. The number of anilines is 1. The minimum atomic E-state index is -1.22. The van der Waals surface area contributed by atoms with E-state index >= 15 is 0 Å². The standard InChI is InChI=1S/C26H23ClN4O2/c1-26(2,31-24(32)21-14-8-9-15-28-21)25(33)30-23-20(16-17-10-4-3-5-11-17)18-12-6-7-13-19(18)22(27)29-23/h3-15H,16H2,1-2H3,(H,31,32)(H,29,30,33). The third-order valence-corrected chi connectivity index (χ3v) is 5.61. The minimum absolute atomic E-state index is 0.231. The molecular formula is C26H23ClN4O2. The zero-order chi connectivity index (χ0) is 23.4. The lowest BCUT2D eigenvalue weighted by atomic mass is 9.98. The molecule has 0 saturated carbocycles. The Morgan fingerprint density at radius 1 is 0.909 bits per heavy atom. The van der Waals surface area contributed by atoms with Gasteiger partial charge >= 0.3 is 0 Å². The normalized spacial score (nSPS) is 11.2. The molecule has 33 heavy (non-hydrogen) atoms. The second kappa shape index (κ2) is 9.38. The molecule has 6 nitrogen and oxygen atoms in total. The van der Waals surface area contributed by atoms with Crippen molar-refractivity contribution < 1.29 is 9.59 Å². The molecular weight excluding hydrogens is 436 g/mol. The molecule has 2 aromatic heterocycles. The summed E-state index contributed by atoms with van der Waals surface area (Å²) in [4.78, 5) is 34.3. The lowest BCUT2D eigenvalue weighted by Gasteiger charge is -2.25. The van der Waals surface area contributed by atoms with Gasteiger partial charge in [0, 0.05) is 23.6 Å². The van der Waals surface area contributed by atoms with Gasteiger partial charge in [-0.25, -0.2) is 4.98 Å². The first-order valence-electron chi connectivity index (χ1n) is 10.5. The number of hydrogen-bond donors (Lipinski definition) is 2. The molecule has 0 aliphatic rings. The Hall–Kier alpha value is -3.77. The molecule has 4 aromatic rings. The minimum Gasteiger partial charge on any atom is -0.337 e. The topological polar surface area (TPSA) is 84.0 Å². The third-order valence-electron chi connectivity index (χ3n) is 5.32. The van der Waals surface area contributed by atoms with Crippen LogP contribution in [0.2, 0.25) is 5.15 Å². The molecule has 0 fully saturated rings. The van der Waals surface area contributed by atoms with E-state index in [1.165, 1.54) is 6.20 Å². The van der Waals surface area contributed by atoms with Gasteiger partial charge in [0.1, 0.15) is 22.2 Å². The fraction of sp³-hybridized carbons (Fsp3) is 0.154. The average molecular weight is 459 g/mol. The van der Waals surface area contributed by atoms with Crippen LogP contribution >= 0.6 is 11.6 Å². The highest BCUT2D eigenvalue weighted by Gasteiger charge is 2.31. The van der Waals surface area contributed by atoms with Crippen molar-refractivity contribution in [3.8, 4) is 0 Å². The van der Waals surface area contributed by atoms with Crippen molar-refractivity contribution in [1.29, 1.82) is 0 Å². The van der Waals surface area contributed by atoms with E-state index in [1.807, 2.05) is 54.6 Å². The number of carbonyl (C=O) groups excluding carboxylic acids is 2. The summed E-state index contributed by atoms with van der Waals surface area (Å²) in [6.07, 6.45) is 2.08. The van der Waals surface area contributed by atoms with Crippen LogP contribution < -0.4 is 10.6 Å². The number of aromatic nitrogens is 2. The molecule has 2 N–H and O–H groups in total. The summed E-state index contributed by atoms with van der Waals surface area (Å²) in [5, 5.41) is 7.65. The number of benzene rings is 2. The summed E-state index contributed by atoms with van der Waals surface area (Å²) in [7, 11) is 0. The molecule has 0 radical (unpaired) electrons. The predicted molar refractivity (Wildman–Crippen MR) is 130 cm³/mol. The summed E-state index contributed by atoms with van der Waals surface area (Å²) in [5.74, 6) is -0.489. The smallest absolute Gasteiger partial charge is 0.270 e. The van der Waals surface area contributed by atoms with Crippen LogP contribution in [0.15, 0.2) is 79.0 Å². The quantitative estimate of drug-likeness (QED) is 0.397. The summed E-state index contributed by atoms with van der Waals surface area (Å²) in [5.41, 5.74) is 0.930. The third kappa shape index (κ3) is 5.02. The molecule has 0 saturated heterocycles. The van der Waals surface area contributed by atoms with Crippen LogP contribution in [-0.4, -0.2) is 27.3 Å². The van der Waals surface area contributed by atoms with E-state index < -0.39 is 17.4 Å². The fourth-order valence-corrected chi connectivity index (χ4v) is 3.78. The van der Waals surface area contributed by atoms with Gasteiger partial charge in [0.05, 0.1) is 0 Å². The zero-order valence-electron chi connectivity index (χ0n) is 18.3. The maximum absolute atomic E-state index is 13.2. The number of fused-ring (bicyclic) bond motifs is 1. The van der Waals surface area contributed by atoms with Crippen molar-refractivity contribution in [3.05, 3.63) is 101 Å². The SMILES string of the molecule is CC(C)(NC(=O)c1ccccn1)C(=O)Nc1nc(Cl)c2ccccc2c1Cc1ccccc1. The molecule has 2 amide bonds. The van der Waals surface area contributed by atoms with Crippen molar-refractivity contribution in [1.82, 2.24) is 15.3 Å². The first-order chi connectivity index (χ1) is 15.8. The summed E-state index contributed by atoms with van der Waals surface area (Å²) in [6, 6.07) is 22.6. The number of rotatable bonds is 6. The van der Waals surface area contributed by atoms with Gasteiger partial charge in [-0.15, -0.1) is 0 Å². The number of hydrogen-bond acceptors (Lipinski definition) is 4. The van der Waals surface area contributed by atoms with Crippen LogP contribution in [0.1, 0.15) is 35.5 Å². The van der Waals surface area contributed by atoms with Crippen LogP contribution in [0, 0.1) is 0 Å². The van der Waals surface area contributed by atoms with Gasteiger partial charge < -0.3 is 10.6 Å². The van der Waals surface area contributed by atoms with E-state index in [0.29, 0.717) is 17.4 Å². The van der Waals surface area contributed by atoms with E-state index in [9.17, 15) is 9.59 Å². The van der Waals surface area contributed by atoms with Crippen molar-refractivity contribution in [3.63, 3.8) is 0 Å². The van der Waals surface area contributed by atoms with E-state index in [1.54, 1.807) is 32.0 Å². The molecule has 0 aliphatic heterocycles. The van der Waals surface area contributed by atoms with Crippen LogP contribution in [0.3, 0.4) is 0 Å². The van der Waals surface area contributed by atoms with Crippen LogP contribution in [0.25, 0.3) is 10.8 Å². The number of carbonyl (C=O) groups is 2. The fourth-order valence-electron chi connectivity index (χ4n) is 3.53. The number of amides is 2. The van der Waals surface area contributed by atoms with Crippen molar-refractivity contribution in [2.75, 3.05) is 5.32 Å². The Morgan fingerprint density at radius 2 is 1.58 bits per heavy atom. The van der Waals surface area contributed by atoms with E-state index in [2.05, 4.69) is 20.6 Å². The molecule has 166 valence electrons. The Morgan fingerprint density at radius 3 is 2.27 bits per heavy atom. The van der Waals surface area contributed by atoms with E-state index in [4.69, 9.17) is 11.6 Å². The number of nitrogens with zero attached hydrogens (tertiary/aromatic N) is 2. The Labute approximate surface area is 197 Å². The van der Waals surface area contributed by atoms with Gasteiger partial charge in [-0.3, -0.25) is 14.6 Å². The maximum Gasteiger partial charge on any atom is 0.270 e. The van der Waals surface area contributed by atoms with Crippen molar-refractivity contribution in [2.45, 2.75) is 25.8 Å². The zero-order valence-corrected chi connectivity index (χ0v) is 19.1. The Bertz CT molecular complexity index is 1310. The van der Waals surface area contributed by atoms with Crippen LogP contribution in [0.5, 0.6) is 0 Å². The number of pyridine rings is 2. The van der Waals surface area contributed by atoms with Gasteiger partial charge in [0.2, 0.25) is 0 Å². The Kier molecular flexibility index (Phi) is 6.38. The molecule has 4 rings (SSSR count). The molecule has 0 atom stereocenters. The molecule has 0 spiro atoms. The van der Waals surface area contributed by atoms with Crippen LogP contribution in [-0.2, 0) is 11.2 Å². The largest absolute Gasteiger partial charge is 0.337 e. The van der Waals surface area contributed by atoms with Gasteiger partial charge in [-0.2, -0.15) is 0 Å². The summed E-state index contributed by atoms with van der Waals surface area (Å²) >= 11 is 6.46. The predicted octanol–water partition coefficient (Wildman–Crippen LogP) is 5.02. The first-order valence-corrected chi connectivity index (χ1v) is 10.9. The molecule has 0 bridgehead atoms. The van der Waals surface area contributed by atoms with Crippen molar-refractivity contribution in [2.24, 2.45) is 0 Å². The second-order valence-electron chi connectivity index (χ2n) is 8.19. The molecule has 0 unspecified atom stereocenters. The van der Waals surface area contributed by atoms with E-state index in [-0.39, 0.29) is 5.69 Å². The van der Waals surface area contributed by atoms with Gasteiger partial charge in [-0.1, -0.05) is 72.3 Å². The van der Waals surface area contributed by atoms with Crippen molar-refractivity contribution >= 4 is 40.0 Å². The number of halogens is 1. The summed E-state index contributed by atoms with van der Waals surface area (Å²) in [6.45, 7) is 3.26. The van der Waals surface area contributed by atoms with Gasteiger partial charge in [0.25, 0.3) is 11.8 Å². The molecule has 2 heterocycles. The molecule has 0 aliphatic carbocycles. The number of nitrogens with one attached hydrogen (secondary N) is 2. The second-order valence-corrected chi connectivity index (χ2v) is 8.54. The lowest BCUT2D eigenvalue weighted by molar-refractivity contribution is -0.121. The van der Waals surface area contributed by atoms with Gasteiger partial charge in [-0.05, 0) is 36.9 Å².